The highest BCUT2D eigenvalue weighted by Crippen LogP contribution is 2.63. The number of rotatable bonds is 1. The molecule has 0 radical (unpaired) electrons. The van der Waals surface area contributed by atoms with E-state index in [9.17, 15) is 44.6 Å². The molecular formula is C11H9F9O. The Morgan fingerprint density at radius 1 is 0.714 bits per heavy atom. The van der Waals surface area contributed by atoms with E-state index in [1.54, 1.807) is 0 Å². The molecule has 1 nitrogen and oxygen atoms in total. The lowest BCUT2D eigenvalue weighted by Crippen LogP contribution is -2.65. The molecule has 0 aliphatic heterocycles. The molecule has 4 atom stereocenters. The highest BCUT2D eigenvalue weighted by atomic mass is 19.4. The van der Waals surface area contributed by atoms with Crippen molar-refractivity contribution in [3.05, 3.63) is 12.2 Å². The minimum Gasteiger partial charge on any atom is -0.373 e. The summed E-state index contributed by atoms with van der Waals surface area (Å²) < 4.78 is 115. The van der Waals surface area contributed by atoms with Crippen LogP contribution in [0.4, 0.5) is 39.5 Å². The summed E-state index contributed by atoms with van der Waals surface area (Å²) in [6.45, 7) is 0. The van der Waals surface area contributed by atoms with Gasteiger partial charge in [0, 0.05) is 5.92 Å². The van der Waals surface area contributed by atoms with Crippen LogP contribution >= 0.6 is 0 Å². The van der Waals surface area contributed by atoms with Crippen LogP contribution in [0.15, 0.2) is 12.2 Å². The lowest BCUT2D eigenvalue weighted by molar-refractivity contribution is -0.398. The van der Waals surface area contributed by atoms with Crippen LogP contribution in [0.1, 0.15) is 6.42 Å². The fraction of sp³-hybridized carbons (Fsp3) is 0.818. The van der Waals surface area contributed by atoms with Gasteiger partial charge in [0.15, 0.2) is 0 Å². The Kier molecular flexibility index (Phi) is 3.36. The van der Waals surface area contributed by atoms with Gasteiger partial charge in [-0.3, -0.25) is 0 Å². The normalized spacial score (nSPS) is 33.8. The quantitative estimate of drug-likeness (QED) is 0.573. The maximum Gasteiger partial charge on any atom is 0.426 e. The van der Waals surface area contributed by atoms with E-state index in [0.717, 1.165) is 12.2 Å². The number of hydrogen-bond donors (Lipinski definition) is 1. The highest BCUT2D eigenvalue weighted by Gasteiger charge is 2.79. The summed E-state index contributed by atoms with van der Waals surface area (Å²) in [7, 11) is 0. The summed E-state index contributed by atoms with van der Waals surface area (Å²) in [5.74, 6) is -8.99. The second-order valence-corrected chi connectivity index (χ2v) is 5.30. The minimum atomic E-state index is -6.25. The van der Waals surface area contributed by atoms with Crippen molar-refractivity contribution in [1.29, 1.82) is 0 Å². The molecule has 2 bridgehead atoms. The Morgan fingerprint density at radius 3 is 1.43 bits per heavy atom. The molecule has 0 amide bonds. The molecule has 2 aliphatic carbocycles. The van der Waals surface area contributed by atoms with Gasteiger partial charge in [0.1, 0.15) is 0 Å². The zero-order chi connectivity index (χ0) is 16.4. The van der Waals surface area contributed by atoms with Crippen molar-refractivity contribution in [1.82, 2.24) is 0 Å². The van der Waals surface area contributed by atoms with Crippen LogP contribution < -0.4 is 0 Å². The van der Waals surface area contributed by atoms with E-state index in [0.29, 0.717) is 0 Å². The Morgan fingerprint density at radius 2 is 1.10 bits per heavy atom. The molecular weight excluding hydrogens is 319 g/mol. The molecule has 10 heteroatoms. The predicted octanol–water partition coefficient (Wildman–Crippen LogP) is 3.84. The molecule has 1 saturated carbocycles. The Balaban J connectivity index is 2.57. The second kappa shape index (κ2) is 4.30. The number of fused-ring (bicyclic) bond motifs is 2. The topological polar surface area (TPSA) is 20.2 Å². The van der Waals surface area contributed by atoms with Crippen LogP contribution in [0, 0.1) is 23.7 Å². The van der Waals surface area contributed by atoms with Crippen LogP contribution in [0.25, 0.3) is 0 Å². The fourth-order valence-corrected chi connectivity index (χ4v) is 3.38. The average Bonchev–Trinajstić information content (AvgIpc) is 2.82. The first kappa shape index (κ1) is 16.4. The molecule has 0 spiro atoms. The largest absolute Gasteiger partial charge is 0.426 e. The van der Waals surface area contributed by atoms with Gasteiger partial charge in [-0.15, -0.1) is 0 Å². The van der Waals surface area contributed by atoms with Crippen molar-refractivity contribution in [3.8, 4) is 0 Å². The molecule has 0 aromatic rings. The van der Waals surface area contributed by atoms with Gasteiger partial charge < -0.3 is 5.11 Å². The molecule has 0 aromatic carbocycles. The van der Waals surface area contributed by atoms with Crippen molar-refractivity contribution in [2.45, 2.75) is 30.6 Å². The van der Waals surface area contributed by atoms with Crippen LogP contribution in [-0.4, -0.2) is 29.2 Å². The predicted molar refractivity (Wildman–Crippen MR) is 50.8 cm³/mol. The van der Waals surface area contributed by atoms with Gasteiger partial charge >= 0.3 is 18.5 Å². The van der Waals surface area contributed by atoms with Crippen molar-refractivity contribution in [2.75, 3.05) is 0 Å². The van der Waals surface area contributed by atoms with E-state index in [-0.39, 0.29) is 0 Å². The van der Waals surface area contributed by atoms with Crippen LogP contribution in [-0.2, 0) is 0 Å². The smallest absolute Gasteiger partial charge is 0.373 e. The van der Waals surface area contributed by atoms with E-state index >= 15 is 0 Å². The second-order valence-electron chi connectivity index (χ2n) is 5.30. The maximum atomic E-state index is 12.9. The summed E-state index contributed by atoms with van der Waals surface area (Å²) in [5, 5.41) is 9.26. The van der Waals surface area contributed by atoms with Gasteiger partial charge in [-0.1, -0.05) is 12.2 Å². The first-order valence-electron chi connectivity index (χ1n) is 5.82. The van der Waals surface area contributed by atoms with Crippen LogP contribution in [0.3, 0.4) is 0 Å². The summed E-state index contributed by atoms with van der Waals surface area (Å²) in [6, 6.07) is 0. The molecule has 2 rings (SSSR count). The third kappa shape index (κ3) is 2.22. The number of hydrogen-bond acceptors (Lipinski definition) is 1. The first-order valence-corrected chi connectivity index (χ1v) is 5.82. The number of halogens is 9. The lowest BCUT2D eigenvalue weighted by Gasteiger charge is -2.43. The number of alkyl halides is 9. The van der Waals surface area contributed by atoms with E-state index in [2.05, 4.69) is 0 Å². The molecule has 1 fully saturated rings. The summed E-state index contributed by atoms with van der Waals surface area (Å²) in [4.78, 5) is 0. The summed E-state index contributed by atoms with van der Waals surface area (Å²) in [5.41, 5.74) is -5.38. The molecule has 4 unspecified atom stereocenters. The van der Waals surface area contributed by atoms with E-state index in [1.807, 2.05) is 0 Å². The van der Waals surface area contributed by atoms with Crippen molar-refractivity contribution in [2.24, 2.45) is 23.7 Å². The monoisotopic (exact) mass is 328 g/mol. The van der Waals surface area contributed by atoms with Gasteiger partial charge in [-0.05, 0) is 18.3 Å². The Hall–Kier alpha value is -0.930. The third-order valence-corrected chi connectivity index (χ3v) is 4.18. The molecule has 0 heterocycles. The third-order valence-electron chi connectivity index (χ3n) is 4.18. The van der Waals surface area contributed by atoms with E-state index in [4.69, 9.17) is 0 Å². The summed E-state index contributed by atoms with van der Waals surface area (Å²) in [6.07, 6.45) is -16.4. The Labute approximate surface area is 112 Å². The van der Waals surface area contributed by atoms with Crippen molar-refractivity contribution >= 4 is 0 Å². The minimum absolute atomic E-state index is 0.483. The molecule has 0 saturated heterocycles. The van der Waals surface area contributed by atoms with Gasteiger partial charge in [0.25, 0.3) is 5.60 Å². The van der Waals surface area contributed by atoms with Crippen LogP contribution in [0.2, 0.25) is 0 Å². The molecule has 21 heavy (non-hydrogen) atoms. The van der Waals surface area contributed by atoms with Gasteiger partial charge in [0.2, 0.25) is 0 Å². The molecule has 0 aromatic heterocycles. The molecule has 1 N–H and O–H groups in total. The lowest BCUT2D eigenvalue weighted by atomic mass is 9.71. The zero-order valence-corrected chi connectivity index (χ0v) is 10.0. The average molecular weight is 328 g/mol. The molecule has 122 valence electrons. The first-order chi connectivity index (χ1) is 9.21. The zero-order valence-electron chi connectivity index (χ0n) is 10.0. The van der Waals surface area contributed by atoms with E-state index in [1.165, 1.54) is 0 Å². The summed E-state index contributed by atoms with van der Waals surface area (Å²) >= 11 is 0. The van der Waals surface area contributed by atoms with Crippen LogP contribution in [0.5, 0.6) is 0 Å². The maximum absolute atomic E-state index is 12.9. The number of allylic oxidation sites excluding steroid dienone is 2. The van der Waals surface area contributed by atoms with Gasteiger partial charge in [-0.25, -0.2) is 0 Å². The standard InChI is InChI=1S/C11H9F9O/c12-9(13,14)7-5-2-1-4(3-5)6(7)8(21,10(15,16)17)11(18,19)20/h1-2,4-7,21H,3H2. The fourth-order valence-electron chi connectivity index (χ4n) is 3.38. The van der Waals surface area contributed by atoms with Crippen molar-refractivity contribution in [3.63, 3.8) is 0 Å². The highest BCUT2D eigenvalue weighted by molar-refractivity contribution is 5.21. The van der Waals surface area contributed by atoms with Gasteiger partial charge in [-0.2, -0.15) is 39.5 Å². The Bertz CT molecular complexity index is 430. The van der Waals surface area contributed by atoms with Crippen molar-refractivity contribution < 1.29 is 44.6 Å². The SMILES string of the molecule is OC(C1C2C=CC(C2)C1C(F)(F)F)(C(F)(F)F)C(F)(F)F. The number of aliphatic hydroxyl groups is 1. The molecule has 2 aliphatic rings. The van der Waals surface area contributed by atoms with E-state index < -0.39 is 54.2 Å². The van der Waals surface area contributed by atoms with Gasteiger partial charge in [0.05, 0.1) is 5.92 Å².